The van der Waals surface area contributed by atoms with Gasteiger partial charge in [0, 0.05) is 29.1 Å². The second-order valence-corrected chi connectivity index (χ2v) is 9.13. The van der Waals surface area contributed by atoms with E-state index in [1.54, 1.807) is 34.9 Å². The Balaban J connectivity index is 1.75. The van der Waals surface area contributed by atoms with Gasteiger partial charge in [0.1, 0.15) is 16.4 Å². The van der Waals surface area contributed by atoms with E-state index in [0.29, 0.717) is 54.5 Å². The summed E-state index contributed by atoms with van der Waals surface area (Å²) in [5.41, 5.74) is 1.22. The maximum Gasteiger partial charge on any atom is 0.303 e. The fraction of sp³-hybridized carbons (Fsp3) is 0.238. The van der Waals surface area contributed by atoms with Crippen LogP contribution in [0.1, 0.15) is 36.3 Å². The van der Waals surface area contributed by atoms with E-state index in [1.807, 2.05) is 0 Å². The summed E-state index contributed by atoms with van der Waals surface area (Å²) >= 11 is 18.8. The number of rotatable bonds is 9. The van der Waals surface area contributed by atoms with Gasteiger partial charge in [0.25, 0.3) is 0 Å². The average Bonchev–Trinajstić information content (AvgIpc) is 3.27. The number of aromatic nitrogens is 1. The van der Waals surface area contributed by atoms with Gasteiger partial charge < -0.3 is 14.6 Å². The van der Waals surface area contributed by atoms with Gasteiger partial charge in [-0.15, -0.1) is 11.3 Å². The van der Waals surface area contributed by atoms with Crippen molar-refractivity contribution in [3.8, 4) is 17.2 Å². The molecule has 2 aromatic heterocycles. The van der Waals surface area contributed by atoms with Gasteiger partial charge in [0.05, 0.1) is 5.02 Å². The molecule has 0 saturated carbocycles. The number of thiazole rings is 1. The Hall–Kier alpha value is -2.06. The van der Waals surface area contributed by atoms with Crippen LogP contribution in [-0.2, 0) is 11.3 Å². The van der Waals surface area contributed by atoms with Gasteiger partial charge >= 0.3 is 5.97 Å². The average molecular weight is 484 g/mol. The molecular formula is C21H19Cl2NO4S2. The third-order valence-electron chi connectivity index (χ3n) is 4.51. The minimum absolute atomic E-state index is 0.0377. The zero-order chi connectivity index (χ0) is 21.8. The first-order valence-electron chi connectivity index (χ1n) is 9.17. The summed E-state index contributed by atoms with van der Waals surface area (Å²) in [6, 6.07) is 8.70. The van der Waals surface area contributed by atoms with Crippen LogP contribution in [0.5, 0.6) is 5.88 Å². The van der Waals surface area contributed by atoms with E-state index in [9.17, 15) is 9.90 Å². The van der Waals surface area contributed by atoms with Crippen molar-refractivity contribution in [2.24, 2.45) is 0 Å². The molecule has 0 bridgehead atoms. The predicted octanol–water partition coefficient (Wildman–Crippen LogP) is 7.26. The Labute approximate surface area is 192 Å². The molecule has 0 fully saturated rings. The highest BCUT2D eigenvalue weighted by atomic mass is 35.5. The number of carboxylic acids is 1. The first-order valence-corrected chi connectivity index (χ1v) is 11.1. The Morgan fingerprint density at radius 1 is 1.20 bits per heavy atom. The predicted molar refractivity (Wildman–Crippen MR) is 123 cm³/mol. The molecule has 1 aromatic carbocycles. The van der Waals surface area contributed by atoms with Crippen molar-refractivity contribution in [1.29, 1.82) is 0 Å². The quantitative estimate of drug-likeness (QED) is 0.247. The monoisotopic (exact) mass is 483 g/mol. The molecule has 0 unspecified atom stereocenters. The highest BCUT2D eigenvalue weighted by Gasteiger charge is 2.19. The Bertz CT molecular complexity index is 1150. The van der Waals surface area contributed by atoms with Crippen LogP contribution >= 0.6 is 46.8 Å². The number of nitrogens with zero attached hydrogens (tertiary/aromatic N) is 1. The first kappa shape index (κ1) is 22.6. The van der Waals surface area contributed by atoms with Gasteiger partial charge in [0.15, 0.2) is 3.95 Å². The van der Waals surface area contributed by atoms with Gasteiger partial charge in [-0.3, -0.25) is 9.36 Å². The van der Waals surface area contributed by atoms with Crippen molar-refractivity contribution < 1.29 is 19.4 Å². The van der Waals surface area contributed by atoms with E-state index in [2.05, 4.69) is 6.58 Å². The van der Waals surface area contributed by atoms with Gasteiger partial charge in [-0.25, -0.2) is 0 Å². The van der Waals surface area contributed by atoms with Crippen molar-refractivity contribution in [2.45, 2.75) is 32.2 Å². The maximum absolute atomic E-state index is 10.7. The fourth-order valence-corrected chi connectivity index (χ4v) is 4.78. The summed E-state index contributed by atoms with van der Waals surface area (Å²) in [6.45, 7) is 4.57. The summed E-state index contributed by atoms with van der Waals surface area (Å²) in [4.78, 5) is 11.1. The third-order valence-corrected chi connectivity index (χ3v) is 6.56. The molecule has 0 saturated heterocycles. The lowest BCUT2D eigenvalue weighted by atomic mass is 10.1. The van der Waals surface area contributed by atoms with E-state index in [1.165, 1.54) is 11.3 Å². The molecule has 158 valence electrons. The van der Waals surface area contributed by atoms with Gasteiger partial charge in [0.2, 0.25) is 5.88 Å². The summed E-state index contributed by atoms with van der Waals surface area (Å²) in [7, 11) is 0. The summed E-state index contributed by atoms with van der Waals surface area (Å²) in [5.74, 6) is 0.293. The van der Waals surface area contributed by atoms with Crippen molar-refractivity contribution in [3.05, 3.63) is 61.5 Å². The number of benzene rings is 1. The fourth-order valence-electron chi connectivity index (χ4n) is 2.96. The second kappa shape index (κ2) is 9.83. The van der Waals surface area contributed by atoms with Gasteiger partial charge in [-0.2, -0.15) is 0 Å². The largest absolute Gasteiger partial charge is 0.493 e. The SMILES string of the molecule is C=C(c1ccc(-c2ccc(Cl)cc2Cl)o1)c1sc(=S)n(CCCCCC(=O)O)c1O. The summed E-state index contributed by atoms with van der Waals surface area (Å²) in [6.07, 6.45) is 2.19. The minimum Gasteiger partial charge on any atom is -0.493 e. The number of halogens is 2. The molecule has 3 aromatic rings. The van der Waals surface area contributed by atoms with Crippen molar-refractivity contribution in [3.63, 3.8) is 0 Å². The molecule has 0 aliphatic heterocycles. The molecule has 0 aliphatic carbocycles. The van der Waals surface area contributed by atoms with Crippen LogP contribution < -0.4 is 0 Å². The lowest BCUT2D eigenvalue weighted by Crippen LogP contribution is -1.99. The molecule has 5 nitrogen and oxygen atoms in total. The number of hydrogen-bond donors (Lipinski definition) is 2. The summed E-state index contributed by atoms with van der Waals surface area (Å²) < 4.78 is 8.08. The van der Waals surface area contributed by atoms with Gasteiger partial charge in [-0.1, -0.05) is 36.2 Å². The van der Waals surface area contributed by atoms with Crippen LogP contribution in [0.15, 0.2) is 41.3 Å². The Kier molecular flexibility index (Phi) is 7.41. The minimum atomic E-state index is -0.804. The summed E-state index contributed by atoms with van der Waals surface area (Å²) in [5, 5.41) is 20.4. The lowest BCUT2D eigenvalue weighted by molar-refractivity contribution is -0.137. The number of carbonyl (C=O) groups is 1. The third kappa shape index (κ3) is 5.16. The standard InChI is InChI=1S/C21H19Cl2NO4S2/c1-12(16-8-9-17(28-16)14-7-6-13(22)11-15(14)23)19-20(27)24(21(29)30-19)10-4-2-3-5-18(25)26/h6-9,11,27H,1-5,10H2,(H,25,26). The van der Waals surface area contributed by atoms with Gasteiger partial charge in [-0.05, 0) is 55.4 Å². The second-order valence-electron chi connectivity index (χ2n) is 6.64. The van der Waals surface area contributed by atoms with Crippen LogP contribution in [0.2, 0.25) is 10.0 Å². The van der Waals surface area contributed by atoms with E-state index in [4.69, 9.17) is 44.9 Å². The normalized spacial score (nSPS) is 11.0. The maximum atomic E-state index is 10.7. The number of carboxylic acid groups (broad SMARTS) is 1. The zero-order valence-corrected chi connectivity index (χ0v) is 19.0. The van der Waals surface area contributed by atoms with Crippen molar-refractivity contribution in [1.82, 2.24) is 4.57 Å². The topological polar surface area (TPSA) is 75.6 Å². The van der Waals surface area contributed by atoms with E-state index in [0.717, 1.165) is 12.8 Å². The molecule has 9 heteroatoms. The van der Waals surface area contributed by atoms with Crippen LogP contribution in [0, 0.1) is 3.95 Å². The van der Waals surface area contributed by atoms with Crippen molar-refractivity contribution in [2.75, 3.05) is 0 Å². The highest BCUT2D eigenvalue weighted by molar-refractivity contribution is 7.73. The van der Waals surface area contributed by atoms with Crippen LogP contribution in [-0.4, -0.2) is 20.7 Å². The Morgan fingerprint density at radius 3 is 2.67 bits per heavy atom. The highest BCUT2D eigenvalue weighted by Crippen LogP contribution is 2.38. The number of aromatic hydroxyl groups is 1. The number of aliphatic carboxylic acids is 1. The number of furan rings is 1. The molecule has 0 amide bonds. The van der Waals surface area contributed by atoms with E-state index >= 15 is 0 Å². The molecule has 2 heterocycles. The number of unbranched alkanes of at least 4 members (excludes halogenated alkanes) is 2. The smallest absolute Gasteiger partial charge is 0.303 e. The van der Waals surface area contributed by atoms with Crippen molar-refractivity contribution >= 4 is 58.3 Å². The van der Waals surface area contributed by atoms with E-state index < -0.39 is 5.97 Å². The molecular weight excluding hydrogens is 465 g/mol. The molecule has 0 spiro atoms. The number of hydrogen-bond acceptors (Lipinski definition) is 5. The molecule has 2 N–H and O–H groups in total. The zero-order valence-electron chi connectivity index (χ0n) is 15.9. The van der Waals surface area contributed by atoms with Crippen LogP contribution in [0.3, 0.4) is 0 Å². The van der Waals surface area contributed by atoms with E-state index in [-0.39, 0.29) is 12.3 Å². The molecule has 0 aliphatic rings. The first-order chi connectivity index (χ1) is 14.3. The molecule has 0 atom stereocenters. The van der Waals surface area contributed by atoms with Crippen LogP contribution in [0.4, 0.5) is 0 Å². The van der Waals surface area contributed by atoms with Crippen LogP contribution in [0.25, 0.3) is 16.9 Å². The Morgan fingerprint density at radius 2 is 1.97 bits per heavy atom. The molecule has 3 rings (SSSR count). The lowest BCUT2D eigenvalue weighted by Gasteiger charge is -2.06. The molecule has 0 radical (unpaired) electrons. The molecule has 30 heavy (non-hydrogen) atoms.